The maximum atomic E-state index is 13.5. The fourth-order valence-corrected chi connectivity index (χ4v) is 8.45. The third kappa shape index (κ3) is 4.86. The Labute approximate surface area is 259 Å². The van der Waals surface area contributed by atoms with Crippen LogP contribution < -0.4 is 9.47 Å². The van der Waals surface area contributed by atoms with Gasteiger partial charge in [-0.2, -0.15) is 0 Å². The van der Waals surface area contributed by atoms with Gasteiger partial charge < -0.3 is 24.6 Å². The number of carbonyl (C=O) groups excluding carboxylic acids is 1. The molecule has 2 bridgehead atoms. The van der Waals surface area contributed by atoms with E-state index in [9.17, 15) is 28.2 Å². The van der Waals surface area contributed by atoms with Crippen molar-refractivity contribution < 1.29 is 37.7 Å². The summed E-state index contributed by atoms with van der Waals surface area (Å²) in [5, 5.41) is 23.7. The monoisotopic (exact) mass is 620 g/mol. The van der Waals surface area contributed by atoms with E-state index in [1.165, 1.54) is 35.9 Å². The molecular formula is C35H35F3N2O5. The van der Waals surface area contributed by atoms with Crippen LogP contribution in [0, 0.1) is 0 Å². The maximum absolute atomic E-state index is 13.5. The Hall–Kier alpha value is -4.02. The summed E-state index contributed by atoms with van der Waals surface area (Å²) < 4.78 is 48.6. The van der Waals surface area contributed by atoms with Gasteiger partial charge in [-0.3, -0.25) is 9.69 Å². The first-order valence-corrected chi connectivity index (χ1v) is 15.3. The van der Waals surface area contributed by atoms with Crippen LogP contribution in [-0.2, 0) is 23.1 Å². The van der Waals surface area contributed by atoms with Crippen LogP contribution in [0.2, 0.25) is 0 Å². The number of aliphatic hydroxyl groups is 1. The van der Waals surface area contributed by atoms with Gasteiger partial charge in [0.2, 0.25) is 5.91 Å². The number of alkyl halides is 3. The Bertz CT molecular complexity index is 1650. The minimum absolute atomic E-state index is 0.0263. The molecule has 4 aliphatic rings. The molecule has 0 aromatic heterocycles. The van der Waals surface area contributed by atoms with E-state index in [1.54, 1.807) is 24.1 Å². The predicted molar refractivity (Wildman–Crippen MR) is 161 cm³/mol. The molecule has 7 nitrogen and oxygen atoms in total. The number of carbonyl (C=O) groups is 1. The number of halogens is 3. The second-order valence-electron chi connectivity index (χ2n) is 12.6. The topological polar surface area (TPSA) is 82.5 Å². The number of likely N-dealkylation sites (tertiary alicyclic amines) is 1. The first-order chi connectivity index (χ1) is 21.5. The van der Waals surface area contributed by atoms with E-state index in [-0.39, 0.29) is 23.4 Å². The molecule has 0 unspecified atom stereocenters. The van der Waals surface area contributed by atoms with Crippen molar-refractivity contribution in [2.45, 2.75) is 67.7 Å². The van der Waals surface area contributed by atoms with Crippen LogP contribution in [0.1, 0.15) is 41.5 Å². The molecule has 236 valence electrons. The van der Waals surface area contributed by atoms with Crippen LogP contribution in [0.5, 0.6) is 17.2 Å². The summed E-state index contributed by atoms with van der Waals surface area (Å²) in [6.45, 7) is 1.55. The highest BCUT2D eigenvalue weighted by Gasteiger charge is 2.73. The Morgan fingerprint density at radius 1 is 1.13 bits per heavy atom. The summed E-state index contributed by atoms with van der Waals surface area (Å²) in [6.07, 6.45) is 0.451. The molecule has 1 amide bonds. The largest absolute Gasteiger partial charge is 0.573 e. The van der Waals surface area contributed by atoms with Crippen LogP contribution in [-0.4, -0.2) is 76.2 Å². The Balaban J connectivity index is 1.16. The molecule has 0 radical (unpaired) electrons. The second-order valence-corrected chi connectivity index (χ2v) is 12.6. The Kier molecular flexibility index (Phi) is 7.13. The molecule has 1 spiro atoms. The number of rotatable bonds is 7. The summed E-state index contributed by atoms with van der Waals surface area (Å²) in [5.41, 5.74) is 1.64. The number of nitrogens with zero attached hydrogens (tertiary/aromatic N) is 2. The second kappa shape index (κ2) is 10.8. The highest BCUT2D eigenvalue weighted by atomic mass is 19.4. The fraction of sp³-hybridized carbons (Fsp3) is 0.400. The van der Waals surface area contributed by atoms with E-state index in [1.807, 2.05) is 24.3 Å². The predicted octanol–water partition coefficient (Wildman–Crippen LogP) is 5.23. The van der Waals surface area contributed by atoms with Gasteiger partial charge in [0.05, 0.1) is 17.1 Å². The fourth-order valence-electron chi connectivity index (χ4n) is 8.45. The van der Waals surface area contributed by atoms with Gasteiger partial charge in [-0.05, 0) is 79.6 Å². The normalized spacial score (nSPS) is 28.4. The lowest BCUT2D eigenvalue weighted by molar-refractivity contribution is -0.274. The van der Waals surface area contributed by atoms with Gasteiger partial charge in [-0.1, -0.05) is 48.5 Å². The van der Waals surface area contributed by atoms with Gasteiger partial charge in [0.15, 0.2) is 11.5 Å². The molecule has 45 heavy (non-hydrogen) atoms. The first-order valence-electron chi connectivity index (χ1n) is 15.3. The van der Waals surface area contributed by atoms with Crippen LogP contribution in [0.25, 0.3) is 6.08 Å². The van der Waals surface area contributed by atoms with Gasteiger partial charge in [0.1, 0.15) is 11.9 Å². The third-order valence-corrected chi connectivity index (χ3v) is 10.4. The van der Waals surface area contributed by atoms with Crippen LogP contribution >= 0.6 is 0 Å². The van der Waals surface area contributed by atoms with E-state index < -0.39 is 29.5 Å². The number of phenols is 1. The molecule has 2 heterocycles. The molecule has 5 atom stereocenters. The highest BCUT2D eigenvalue weighted by molar-refractivity contribution is 5.92. The molecule has 7 rings (SSSR count). The minimum atomic E-state index is -4.82. The molecular weight excluding hydrogens is 585 g/mol. The molecule has 2 aliphatic heterocycles. The number of likely N-dealkylation sites (N-methyl/N-ethyl adjacent to an activating group) is 1. The summed E-state index contributed by atoms with van der Waals surface area (Å²) in [6, 6.07) is 18.8. The van der Waals surface area contributed by atoms with Gasteiger partial charge in [-0.15, -0.1) is 13.2 Å². The highest BCUT2D eigenvalue weighted by Crippen LogP contribution is 2.65. The van der Waals surface area contributed by atoms with Crippen LogP contribution in [0.15, 0.2) is 72.8 Å². The van der Waals surface area contributed by atoms with Gasteiger partial charge in [0.25, 0.3) is 0 Å². The molecule has 10 heteroatoms. The van der Waals surface area contributed by atoms with Crippen molar-refractivity contribution in [1.29, 1.82) is 0 Å². The van der Waals surface area contributed by atoms with Crippen LogP contribution in [0.3, 0.4) is 0 Å². The van der Waals surface area contributed by atoms with E-state index in [2.05, 4.69) is 21.8 Å². The van der Waals surface area contributed by atoms with E-state index in [4.69, 9.17) is 4.74 Å². The molecule has 1 saturated carbocycles. The Morgan fingerprint density at radius 2 is 1.93 bits per heavy atom. The summed E-state index contributed by atoms with van der Waals surface area (Å²) in [4.78, 5) is 17.5. The summed E-state index contributed by atoms with van der Waals surface area (Å²) in [5.74, 6) is -0.290. The maximum Gasteiger partial charge on any atom is 0.573 e. The quantitative estimate of drug-likeness (QED) is 0.353. The van der Waals surface area contributed by atoms with E-state index in [0.29, 0.717) is 37.0 Å². The van der Waals surface area contributed by atoms with Crippen molar-refractivity contribution in [3.05, 3.63) is 95.1 Å². The lowest BCUT2D eigenvalue weighted by Crippen LogP contribution is -2.78. The number of hydrogen-bond donors (Lipinski definition) is 2. The molecule has 2 fully saturated rings. The smallest absolute Gasteiger partial charge is 0.504 e. The van der Waals surface area contributed by atoms with Gasteiger partial charge in [0, 0.05) is 31.3 Å². The van der Waals surface area contributed by atoms with E-state index in [0.717, 1.165) is 30.6 Å². The number of phenolic OH excluding ortho intramolecular Hbond substituents is 1. The molecule has 1 saturated heterocycles. The lowest BCUT2D eigenvalue weighted by Gasteiger charge is -2.64. The average Bonchev–Trinajstić information content (AvgIpc) is 3.36. The number of piperidine rings is 1. The minimum Gasteiger partial charge on any atom is -0.504 e. The number of hydrogen-bond acceptors (Lipinski definition) is 6. The number of benzene rings is 3. The zero-order chi connectivity index (χ0) is 31.6. The van der Waals surface area contributed by atoms with Crippen LogP contribution in [0.4, 0.5) is 13.2 Å². The van der Waals surface area contributed by atoms with Crippen molar-refractivity contribution >= 4 is 12.0 Å². The SMILES string of the molecule is CN(C(=O)C=Cc1cccc(OC(F)(F)F)c1)[C@@H]1CC[C@@]2(O)[C@H]3Cc4ccc(O)c5c4[C@@]2(CCN3CCc2ccccc2)[C@H]1O5. The molecule has 2 N–H and O–H groups in total. The number of aromatic hydroxyl groups is 1. The van der Waals surface area contributed by atoms with E-state index >= 15 is 0 Å². The van der Waals surface area contributed by atoms with Gasteiger partial charge in [-0.25, -0.2) is 0 Å². The van der Waals surface area contributed by atoms with Crippen molar-refractivity contribution in [2.24, 2.45) is 0 Å². The summed E-state index contributed by atoms with van der Waals surface area (Å²) >= 11 is 0. The van der Waals surface area contributed by atoms with Crippen molar-refractivity contribution in [1.82, 2.24) is 9.80 Å². The zero-order valence-electron chi connectivity index (χ0n) is 24.8. The van der Waals surface area contributed by atoms with Gasteiger partial charge >= 0.3 is 6.36 Å². The van der Waals surface area contributed by atoms with Crippen molar-refractivity contribution in [2.75, 3.05) is 20.1 Å². The summed E-state index contributed by atoms with van der Waals surface area (Å²) in [7, 11) is 1.68. The van der Waals surface area contributed by atoms with Crippen molar-refractivity contribution in [3.8, 4) is 17.2 Å². The average molecular weight is 621 g/mol. The molecule has 2 aliphatic carbocycles. The number of amides is 1. The molecule has 3 aromatic rings. The molecule has 3 aromatic carbocycles. The Morgan fingerprint density at radius 3 is 2.71 bits per heavy atom. The van der Waals surface area contributed by atoms with Crippen molar-refractivity contribution in [3.63, 3.8) is 0 Å². The zero-order valence-corrected chi connectivity index (χ0v) is 24.8. The first kappa shape index (κ1) is 29.7. The number of ether oxygens (including phenoxy) is 2. The standard InChI is InChI=1S/C35H35F3N2O5/c1-39(29(42)13-10-23-8-5-9-25(20-23)45-35(36,37)38)26-14-16-34(43)28-21-24-11-12-27(41)31-30(24)33(34,32(26)44-31)17-19-40(28)18-15-22-6-3-2-4-7-22/h2-13,20,26,28,32,41,43H,14-19,21H2,1H3/t26-,28-,32+,33+,34-/m1/s1. The third-order valence-electron chi connectivity index (χ3n) is 10.4. The lowest BCUT2D eigenvalue weighted by atomic mass is 9.48.